The van der Waals surface area contributed by atoms with Gasteiger partial charge in [0.1, 0.15) is 0 Å². The Bertz CT molecular complexity index is 786. The van der Waals surface area contributed by atoms with Crippen molar-refractivity contribution in [3.8, 4) is 0 Å². The fourth-order valence-electron chi connectivity index (χ4n) is 3.25. The van der Waals surface area contributed by atoms with Crippen molar-refractivity contribution < 1.29 is 9.90 Å². The van der Waals surface area contributed by atoms with Gasteiger partial charge in [0.25, 0.3) is 0 Å². The van der Waals surface area contributed by atoms with Gasteiger partial charge in [-0.05, 0) is 37.8 Å². The lowest BCUT2D eigenvalue weighted by Crippen LogP contribution is -2.47. The number of carbonyl (C=O) groups excluding carboxylic acids is 1. The van der Waals surface area contributed by atoms with Crippen LogP contribution in [-0.4, -0.2) is 32.3 Å². The second-order valence-corrected chi connectivity index (χ2v) is 6.68. The van der Waals surface area contributed by atoms with Gasteiger partial charge in [-0.2, -0.15) is 0 Å². The monoisotopic (exact) mass is 331 g/mol. The summed E-state index contributed by atoms with van der Waals surface area (Å²) in [6, 6.07) is 7.68. The smallest absolute Gasteiger partial charge is 0.329 e. The van der Waals surface area contributed by atoms with Crippen LogP contribution in [-0.2, 0) is 17.9 Å². The normalized spacial score (nSPS) is 16.1. The molecule has 1 aliphatic rings. The molecule has 0 atom stereocenters. The molecule has 6 nitrogen and oxygen atoms in total. The second kappa shape index (κ2) is 6.81. The average molecular weight is 331 g/mol. The molecule has 1 amide bonds. The fraction of sp³-hybridized carbons (Fsp3) is 0.556. The van der Waals surface area contributed by atoms with Crippen molar-refractivity contribution in [3.05, 3.63) is 34.7 Å². The molecule has 1 heterocycles. The van der Waals surface area contributed by atoms with E-state index >= 15 is 0 Å². The minimum absolute atomic E-state index is 0.0662. The van der Waals surface area contributed by atoms with Gasteiger partial charge in [-0.15, -0.1) is 0 Å². The summed E-state index contributed by atoms with van der Waals surface area (Å²) in [5, 5.41) is 12.8. The predicted octanol–water partition coefficient (Wildman–Crippen LogP) is 1.63. The van der Waals surface area contributed by atoms with E-state index in [1.165, 1.54) is 0 Å². The first-order chi connectivity index (χ1) is 11.5. The second-order valence-electron chi connectivity index (χ2n) is 6.68. The third-order valence-electron chi connectivity index (χ3n) is 4.83. The van der Waals surface area contributed by atoms with E-state index in [2.05, 4.69) is 5.32 Å². The van der Waals surface area contributed by atoms with Crippen LogP contribution in [0.3, 0.4) is 0 Å². The van der Waals surface area contributed by atoms with Gasteiger partial charge in [-0.25, -0.2) is 4.79 Å². The number of benzene rings is 1. The Kier molecular flexibility index (Phi) is 4.76. The number of carbonyl (C=O) groups is 1. The third kappa shape index (κ3) is 3.24. The summed E-state index contributed by atoms with van der Waals surface area (Å²) < 4.78 is 3.44. The molecule has 0 unspecified atom stereocenters. The molecule has 0 saturated heterocycles. The van der Waals surface area contributed by atoms with Gasteiger partial charge in [0.15, 0.2) is 0 Å². The highest BCUT2D eigenvalue weighted by Crippen LogP contribution is 2.30. The van der Waals surface area contributed by atoms with Crippen LogP contribution in [0, 0.1) is 0 Å². The number of nitrogens with zero attached hydrogens (tertiary/aromatic N) is 2. The van der Waals surface area contributed by atoms with Crippen molar-refractivity contribution in [3.63, 3.8) is 0 Å². The number of rotatable bonds is 7. The van der Waals surface area contributed by atoms with Crippen LogP contribution in [0.25, 0.3) is 11.0 Å². The first-order valence-corrected chi connectivity index (χ1v) is 8.71. The predicted molar refractivity (Wildman–Crippen MR) is 92.9 cm³/mol. The molecule has 0 spiro atoms. The van der Waals surface area contributed by atoms with Gasteiger partial charge in [0.05, 0.1) is 16.6 Å². The highest BCUT2D eigenvalue weighted by Gasteiger charge is 2.34. The first-order valence-electron chi connectivity index (χ1n) is 8.71. The van der Waals surface area contributed by atoms with Gasteiger partial charge in [0.2, 0.25) is 5.91 Å². The summed E-state index contributed by atoms with van der Waals surface area (Å²) in [5.41, 5.74) is 0.988. The summed E-state index contributed by atoms with van der Waals surface area (Å²) in [7, 11) is 0. The highest BCUT2D eigenvalue weighted by atomic mass is 16.3. The maximum atomic E-state index is 12.6. The summed E-state index contributed by atoms with van der Waals surface area (Å²) in [6.07, 6.45) is 3.62. The van der Waals surface area contributed by atoms with E-state index in [1.54, 1.807) is 9.13 Å². The molecule has 0 radical (unpaired) electrons. The van der Waals surface area contributed by atoms with Gasteiger partial charge in [0, 0.05) is 26.1 Å². The van der Waals surface area contributed by atoms with Gasteiger partial charge < -0.3 is 10.4 Å². The van der Waals surface area contributed by atoms with Crippen LogP contribution in [0.15, 0.2) is 29.1 Å². The number of aryl methyl sites for hydroxylation is 2. The zero-order valence-electron chi connectivity index (χ0n) is 14.1. The Morgan fingerprint density at radius 3 is 2.38 bits per heavy atom. The molecule has 3 rings (SSSR count). The van der Waals surface area contributed by atoms with E-state index in [9.17, 15) is 14.7 Å². The molecule has 1 aliphatic carbocycles. The molecule has 2 N–H and O–H groups in total. The van der Waals surface area contributed by atoms with Crippen LogP contribution in [0.5, 0.6) is 0 Å². The molecule has 130 valence electrons. The molecule has 0 bridgehead atoms. The lowest BCUT2D eigenvalue weighted by Gasteiger charge is -2.36. The molecular formula is C18H25N3O3. The van der Waals surface area contributed by atoms with E-state index < -0.39 is 5.60 Å². The van der Waals surface area contributed by atoms with Crippen molar-refractivity contribution in [2.24, 2.45) is 0 Å². The Hall–Kier alpha value is -2.08. The zero-order valence-corrected chi connectivity index (χ0v) is 14.1. The number of nitrogens with one attached hydrogen (secondary N) is 1. The van der Waals surface area contributed by atoms with Crippen LogP contribution >= 0.6 is 0 Å². The maximum absolute atomic E-state index is 12.6. The molecule has 0 aliphatic heterocycles. The van der Waals surface area contributed by atoms with Crippen LogP contribution in [0.2, 0.25) is 0 Å². The number of amides is 1. The van der Waals surface area contributed by atoms with Crippen molar-refractivity contribution in [2.75, 3.05) is 6.54 Å². The summed E-state index contributed by atoms with van der Waals surface area (Å²) in [4.78, 5) is 24.7. The van der Waals surface area contributed by atoms with Gasteiger partial charge in [-0.1, -0.05) is 19.1 Å². The first kappa shape index (κ1) is 16.8. The van der Waals surface area contributed by atoms with Crippen LogP contribution in [0.1, 0.15) is 39.0 Å². The number of hydrogen-bond acceptors (Lipinski definition) is 3. The van der Waals surface area contributed by atoms with Crippen LogP contribution in [0.4, 0.5) is 0 Å². The molecule has 1 aromatic carbocycles. The Morgan fingerprint density at radius 1 is 1.21 bits per heavy atom. The van der Waals surface area contributed by atoms with Crippen LogP contribution < -0.4 is 11.0 Å². The summed E-state index contributed by atoms with van der Waals surface area (Å²) in [5.74, 6) is -0.130. The molecular weight excluding hydrogens is 306 g/mol. The molecule has 6 heteroatoms. The topological polar surface area (TPSA) is 76.3 Å². The zero-order chi connectivity index (χ0) is 17.2. The number of aliphatic hydroxyl groups is 1. The Morgan fingerprint density at radius 2 is 1.83 bits per heavy atom. The number of aromatic nitrogens is 2. The molecule has 1 fully saturated rings. The molecule has 2 aromatic rings. The molecule has 1 saturated carbocycles. The number of hydrogen-bond donors (Lipinski definition) is 2. The van der Waals surface area contributed by atoms with Crippen molar-refractivity contribution >= 4 is 16.9 Å². The molecule has 24 heavy (non-hydrogen) atoms. The van der Waals surface area contributed by atoms with E-state index in [0.29, 0.717) is 19.6 Å². The number of fused-ring (bicyclic) bond motifs is 1. The largest absolute Gasteiger partial charge is 0.388 e. The maximum Gasteiger partial charge on any atom is 0.329 e. The van der Waals surface area contributed by atoms with E-state index in [-0.39, 0.29) is 18.0 Å². The summed E-state index contributed by atoms with van der Waals surface area (Å²) >= 11 is 0. The molecule has 1 aromatic heterocycles. The quantitative estimate of drug-likeness (QED) is 0.810. The minimum atomic E-state index is -0.719. The van der Waals surface area contributed by atoms with Crippen molar-refractivity contribution in [1.29, 1.82) is 0 Å². The average Bonchev–Trinajstić information content (AvgIpc) is 2.82. The lowest BCUT2D eigenvalue weighted by molar-refractivity contribution is -0.123. The van der Waals surface area contributed by atoms with Crippen molar-refractivity contribution in [1.82, 2.24) is 14.5 Å². The standard InChI is InChI=1S/C18H25N3O3/c1-2-11-20-14-6-3-4-7-15(14)21(17(20)23)12-8-16(22)19-13-18(24)9-5-10-18/h3-4,6-7,24H,2,5,8-13H2,1H3,(H,19,22). The van der Waals surface area contributed by atoms with E-state index in [4.69, 9.17) is 0 Å². The summed E-state index contributed by atoms with van der Waals surface area (Å²) in [6.45, 7) is 3.36. The van der Waals surface area contributed by atoms with Crippen molar-refractivity contribution in [2.45, 2.75) is 57.7 Å². The third-order valence-corrected chi connectivity index (χ3v) is 4.83. The van der Waals surface area contributed by atoms with E-state index in [1.807, 2.05) is 31.2 Å². The van der Waals surface area contributed by atoms with Gasteiger partial charge in [-0.3, -0.25) is 13.9 Å². The highest BCUT2D eigenvalue weighted by molar-refractivity contribution is 5.78. The Labute approximate surface area is 141 Å². The minimum Gasteiger partial charge on any atom is -0.388 e. The lowest BCUT2D eigenvalue weighted by atomic mass is 9.80. The number of para-hydroxylation sites is 2. The number of imidazole rings is 1. The van der Waals surface area contributed by atoms with E-state index in [0.717, 1.165) is 36.7 Å². The Balaban J connectivity index is 1.69. The van der Waals surface area contributed by atoms with Gasteiger partial charge >= 0.3 is 5.69 Å². The SMILES string of the molecule is CCCn1c(=O)n(CCC(=O)NCC2(O)CCC2)c2ccccc21. The fourth-order valence-corrected chi connectivity index (χ4v) is 3.25.